The third-order valence-electron chi connectivity index (χ3n) is 3.62. The molecule has 0 spiro atoms. The fraction of sp³-hybridized carbons (Fsp3) is 0.118. The molecule has 152 valence electrons. The van der Waals surface area contributed by atoms with Crippen LogP contribution in [0.1, 0.15) is 14.8 Å². The summed E-state index contributed by atoms with van der Waals surface area (Å²) in [5.41, 5.74) is 0.543. The highest BCUT2D eigenvalue weighted by Gasteiger charge is 2.18. The van der Waals surface area contributed by atoms with Crippen LogP contribution in [0.2, 0.25) is 5.02 Å². The van der Waals surface area contributed by atoms with E-state index in [0.29, 0.717) is 11.4 Å². The summed E-state index contributed by atoms with van der Waals surface area (Å²) in [6.45, 7) is -0.190. The summed E-state index contributed by atoms with van der Waals surface area (Å²) in [4.78, 5) is 12.1. The van der Waals surface area contributed by atoms with Crippen LogP contribution in [0.25, 0.3) is 0 Å². The van der Waals surface area contributed by atoms with E-state index < -0.39 is 21.7 Å². The van der Waals surface area contributed by atoms with Crippen molar-refractivity contribution in [2.75, 3.05) is 12.4 Å². The first-order valence-electron chi connectivity index (χ1n) is 8.01. The first kappa shape index (κ1) is 21.1. The quantitative estimate of drug-likeness (QED) is 0.565. The SMILES string of the molecule is COc1ccc(NC(=O)c2nnc(CNS(=O)(=O)c3ccc(F)c(Cl)c3)s2)cc1. The molecule has 0 aliphatic rings. The number of amides is 1. The molecule has 2 aromatic carbocycles. The van der Waals surface area contributed by atoms with Crippen LogP contribution in [-0.4, -0.2) is 31.6 Å². The Morgan fingerprint density at radius 3 is 2.59 bits per heavy atom. The summed E-state index contributed by atoms with van der Waals surface area (Å²) in [5.74, 6) is -0.551. The Morgan fingerprint density at radius 1 is 1.21 bits per heavy atom. The maximum absolute atomic E-state index is 13.2. The summed E-state index contributed by atoms with van der Waals surface area (Å²) >= 11 is 6.56. The van der Waals surface area contributed by atoms with Gasteiger partial charge in [-0.3, -0.25) is 4.79 Å². The molecule has 0 unspecified atom stereocenters. The molecule has 0 aliphatic carbocycles. The van der Waals surface area contributed by atoms with Gasteiger partial charge in [-0.05, 0) is 42.5 Å². The third kappa shape index (κ3) is 5.26. The topological polar surface area (TPSA) is 110 Å². The van der Waals surface area contributed by atoms with E-state index in [1.807, 2.05) is 0 Å². The van der Waals surface area contributed by atoms with Crippen LogP contribution in [0.5, 0.6) is 5.75 Å². The van der Waals surface area contributed by atoms with Crippen LogP contribution in [0.4, 0.5) is 10.1 Å². The van der Waals surface area contributed by atoms with Gasteiger partial charge in [0.15, 0.2) is 0 Å². The van der Waals surface area contributed by atoms with Crippen molar-refractivity contribution in [3.05, 3.63) is 63.3 Å². The highest BCUT2D eigenvalue weighted by atomic mass is 35.5. The number of methoxy groups -OCH3 is 1. The van der Waals surface area contributed by atoms with Crippen molar-refractivity contribution in [2.24, 2.45) is 0 Å². The van der Waals surface area contributed by atoms with Crippen LogP contribution >= 0.6 is 22.9 Å². The molecule has 1 heterocycles. The third-order valence-corrected chi connectivity index (χ3v) is 6.23. The fourth-order valence-electron chi connectivity index (χ4n) is 2.16. The van der Waals surface area contributed by atoms with E-state index in [1.165, 1.54) is 7.11 Å². The number of halogens is 2. The molecule has 0 saturated heterocycles. The van der Waals surface area contributed by atoms with E-state index in [2.05, 4.69) is 20.2 Å². The monoisotopic (exact) mass is 456 g/mol. The van der Waals surface area contributed by atoms with Crippen molar-refractivity contribution in [3.63, 3.8) is 0 Å². The van der Waals surface area contributed by atoms with Gasteiger partial charge >= 0.3 is 0 Å². The van der Waals surface area contributed by atoms with E-state index in [9.17, 15) is 17.6 Å². The molecule has 1 amide bonds. The summed E-state index contributed by atoms with van der Waals surface area (Å²) in [5, 5.41) is 10.3. The number of nitrogens with one attached hydrogen (secondary N) is 2. The van der Waals surface area contributed by atoms with Gasteiger partial charge in [0.05, 0.1) is 23.6 Å². The zero-order chi connectivity index (χ0) is 21.0. The zero-order valence-corrected chi connectivity index (χ0v) is 17.2. The van der Waals surface area contributed by atoms with Gasteiger partial charge < -0.3 is 10.1 Å². The molecule has 3 rings (SSSR count). The van der Waals surface area contributed by atoms with Gasteiger partial charge in [-0.25, -0.2) is 17.5 Å². The molecule has 1 aromatic heterocycles. The molecular weight excluding hydrogens is 443 g/mol. The minimum Gasteiger partial charge on any atom is -0.497 e. The van der Waals surface area contributed by atoms with Crippen molar-refractivity contribution in [2.45, 2.75) is 11.4 Å². The van der Waals surface area contributed by atoms with Crippen molar-refractivity contribution < 1.29 is 22.3 Å². The maximum atomic E-state index is 13.2. The lowest BCUT2D eigenvalue weighted by Gasteiger charge is -2.05. The Morgan fingerprint density at radius 2 is 1.93 bits per heavy atom. The number of rotatable bonds is 7. The summed E-state index contributed by atoms with van der Waals surface area (Å²) < 4.78 is 45.1. The number of hydrogen-bond donors (Lipinski definition) is 2. The molecule has 0 bridgehead atoms. The van der Waals surface area contributed by atoms with E-state index in [4.69, 9.17) is 16.3 Å². The van der Waals surface area contributed by atoms with Crippen LogP contribution in [-0.2, 0) is 16.6 Å². The normalized spacial score (nSPS) is 11.3. The maximum Gasteiger partial charge on any atom is 0.286 e. The van der Waals surface area contributed by atoms with Crippen LogP contribution < -0.4 is 14.8 Å². The molecule has 8 nitrogen and oxygen atoms in total. The summed E-state index contributed by atoms with van der Waals surface area (Å²) in [6.07, 6.45) is 0. The number of aromatic nitrogens is 2. The minimum absolute atomic E-state index is 0.0693. The van der Waals surface area contributed by atoms with Crippen molar-refractivity contribution in [1.29, 1.82) is 0 Å². The van der Waals surface area contributed by atoms with Crippen molar-refractivity contribution >= 4 is 44.6 Å². The summed E-state index contributed by atoms with van der Waals surface area (Å²) in [6, 6.07) is 9.78. The zero-order valence-electron chi connectivity index (χ0n) is 14.8. The molecule has 2 N–H and O–H groups in total. The second kappa shape index (κ2) is 8.82. The van der Waals surface area contributed by atoms with Gasteiger partial charge in [0.25, 0.3) is 5.91 Å². The van der Waals surface area contributed by atoms with Gasteiger partial charge in [-0.15, -0.1) is 10.2 Å². The van der Waals surface area contributed by atoms with Gasteiger partial charge in [0.1, 0.15) is 16.6 Å². The van der Waals surface area contributed by atoms with Gasteiger partial charge in [0.2, 0.25) is 15.0 Å². The largest absolute Gasteiger partial charge is 0.497 e. The van der Waals surface area contributed by atoms with Gasteiger partial charge in [-0.1, -0.05) is 22.9 Å². The fourth-order valence-corrected chi connectivity index (χ4v) is 4.18. The van der Waals surface area contributed by atoms with Gasteiger partial charge in [0, 0.05) is 5.69 Å². The van der Waals surface area contributed by atoms with E-state index in [-0.39, 0.29) is 26.5 Å². The molecule has 0 saturated carbocycles. The lowest BCUT2D eigenvalue weighted by molar-refractivity contribution is 0.102. The molecular formula is C17H14ClFN4O4S2. The highest BCUT2D eigenvalue weighted by molar-refractivity contribution is 7.89. The average Bonchev–Trinajstić information content (AvgIpc) is 3.18. The lowest BCUT2D eigenvalue weighted by Crippen LogP contribution is -2.23. The van der Waals surface area contributed by atoms with Crippen molar-refractivity contribution in [1.82, 2.24) is 14.9 Å². The molecule has 0 aliphatic heterocycles. The lowest BCUT2D eigenvalue weighted by atomic mass is 10.3. The van der Waals surface area contributed by atoms with E-state index >= 15 is 0 Å². The molecule has 0 fully saturated rings. The number of nitrogens with zero attached hydrogens (tertiary/aromatic N) is 2. The number of hydrogen-bond acceptors (Lipinski definition) is 7. The Hall–Kier alpha value is -2.60. The predicted octanol–water partition coefficient (Wildman–Crippen LogP) is 3.07. The molecule has 12 heteroatoms. The number of ether oxygens (including phenoxy) is 1. The average molecular weight is 457 g/mol. The highest BCUT2D eigenvalue weighted by Crippen LogP contribution is 2.20. The molecule has 0 radical (unpaired) electrons. The molecule has 29 heavy (non-hydrogen) atoms. The van der Waals surface area contributed by atoms with Gasteiger partial charge in [-0.2, -0.15) is 0 Å². The van der Waals surface area contributed by atoms with Crippen LogP contribution in [0.3, 0.4) is 0 Å². The number of sulfonamides is 1. The first-order chi connectivity index (χ1) is 13.8. The number of benzene rings is 2. The Bertz CT molecular complexity index is 1140. The van der Waals surface area contributed by atoms with E-state index in [1.54, 1.807) is 24.3 Å². The summed E-state index contributed by atoms with van der Waals surface area (Å²) in [7, 11) is -2.40. The predicted molar refractivity (Wildman–Crippen MR) is 106 cm³/mol. The number of carbonyl (C=O) groups excluding carboxylic acids is 1. The standard InChI is InChI=1S/C17H14ClFN4O4S2/c1-27-11-4-2-10(3-5-11)21-16(24)17-23-22-15(28-17)9-20-29(25,26)12-6-7-14(19)13(18)8-12/h2-8,20H,9H2,1H3,(H,21,24). The Labute approximate surface area is 174 Å². The van der Waals surface area contributed by atoms with Crippen LogP contribution in [0.15, 0.2) is 47.4 Å². The van der Waals surface area contributed by atoms with E-state index in [0.717, 1.165) is 29.5 Å². The van der Waals surface area contributed by atoms with Crippen molar-refractivity contribution in [3.8, 4) is 5.75 Å². The molecule has 3 aromatic rings. The number of anilines is 1. The Balaban J connectivity index is 1.63. The minimum atomic E-state index is -3.94. The second-order valence-electron chi connectivity index (χ2n) is 5.58. The first-order valence-corrected chi connectivity index (χ1v) is 10.7. The number of carbonyl (C=O) groups is 1. The smallest absolute Gasteiger partial charge is 0.286 e. The Kier molecular flexibility index (Phi) is 6.42. The second-order valence-corrected chi connectivity index (χ2v) is 8.82. The molecule has 0 atom stereocenters. The van der Waals surface area contributed by atoms with Crippen LogP contribution in [0, 0.1) is 5.82 Å².